The molecule has 0 spiro atoms. The van der Waals surface area contributed by atoms with Crippen LogP contribution in [-0.2, 0) is 11.4 Å². The molecule has 0 aliphatic carbocycles. The van der Waals surface area contributed by atoms with Gasteiger partial charge in [-0.05, 0) is 100 Å². The minimum atomic E-state index is -1.01. The number of nitrogens with zero attached hydrogens (tertiary/aromatic N) is 3. The van der Waals surface area contributed by atoms with Gasteiger partial charge >= 0.3 is 5.97 Å². The average molecular weight is 582 g/mol. The summed E-state index contributed by atoms with van der Waals surface area (Å²) in [6, 6.07) is 17.7. The second-order valence-electron chi connectivity index (χ2n) is 7.81. The first-order chi connectivity index (χ1) is 17.7. The lowest BCUT2D eigenvalue weighted by Crippen LogP contribution is -2.28. The van der Waals surface area contributed by atoms with Gasteiger partial charge in [-0.15, -0.1) is 0 Å². The fourth-order valence-corrected chi connectivity index (χ4v) is 4.98. The first kappa shape index (κ1) is 26.1. The van der Waals surface area contributed by atoms with Gasteiger partial charge in [0.1, 0.15) is 12.4 Å². The van der Waals surface area contributed by atoms with E-state index in [1.165, 1.54) is 36.0 Å². The van der Waals surface area contributed by atoms with E-state index >= 15 is 0 Å². The molecule has 3 aromatic carbocycles. The number of halogens is 1. The molecule has 1 saturated heterocycles. The highest BCUT2D eigenvalue weighted by Gasteiger charge is 2.32. The van der Waals surface area contributed by atoms with Crippen LogP contribution in [0.2, 0.25) is 0 Å². The van der Waals surface area contributed by atoms with Crippen molar-refractivity contribution in [2.45, 2.75) is 13.5 Å². The number of carbonyl (C=O) groups is 2. The smallest absolute Gasteiger partial charge is 0.335 e. The van der Waals surface area contributed by atoms with E-state index < -0.39 is 10.9 Å². The maximum absolute atomic E-state index is 13.0. The monoisotopic (exact) mass is 581 g/mol. The number of benzene rings is 3. The van der Waals surface area contributed by atoms with Crippen molar-refractivity contribution in [1.29, 1.82) is 0 Å². The fraction of sp³-hybridized carbons (Fsp3) is 0.115. The molecule has 0 radical (unpaired) electrons. The molecular formula is C26H20BrN3O6S. The number of amides is 1. The Labute approximate surface area is 224 Å². The van der Waals surface area contributed by atoms with Crippen LogP contribution in [0, 0.1) is 10.1 Å². The first-order valence-corrected chi connectivity index (χ1v) is 12.6. The highest BCUT2D eigenvalue weighted by molar-refractivity contribution is 9.10. The predicted octanol–water partition coefficient (Wildman–Crippen LogP) is 6.26. The Kier molecular flexibility index (Phi) is 8.04. The van der Waals surface area contributed by atoms with Crippen molar-refractivity contribution in [1.82, 2.24) is 4.90 Å². The topological polar surface area (TPSA) is 122 Å². The normalized spacial score (nSPS) is 15.4. The van der Waals surface area contributed by atoms with Gasteiger partial charge in [0.2, 0.25) is 0 Å². The molecule has 4 rings (SSSR count). The number of carboxylic acid groups (broad SMARTS) is 1. The Morgan fingerprint density at radius 3 is 2.46 bits per heavy atom. The number of carbonyl (C=O) groups excluding carboxylic acids is 1. The van der Waals surface area contributed by atoms with Gasteiger partial charge in [0.15, 0.2) is 5.17 Å². The van der Waals surface area contributed by atoms with Crippen molar-refractivity contribution >= 4 is 62.2 Å². The van der Waals surface area contributed by atoms with Crippen molar-refractivity contribution in [3.8, 4) is 5.75 Å². The summed E-state index contributed by atoms with van der Waals surface area (Å²) in [7, 11) is 0. The number of aromatic carboxylic acids is 1. The Bertz CT molecular complexity index is 1420. The van der Waals surface area contributed by atoms with Crippen LogP contribution in [0.25, 0.3) is 6.08 Å². The molecule has 1 heterocycles. The fourth-order valence-electron chi connectivity index (χ4n) is 3.41. The maximum atomic E-state index is 13.0. The Balaban J connectivity index is 1.48. The second-order valence-corrected chi connectivity index (χ2v) is 9.67. The second kappa shape index (κ2) is 11.4. The Hall–Kier alpha value is -3.96. The minimum absolute atomic E-state index is 0.0209. The third-order valence-electron chi connectivity index (χ3n) is 5.34. The molecule has 0 atom stereocenters. The van der Waals surface area contributed by atoms with E-state index in [4.69, 9.17) is 9.84 Å². The van der Waals surface area contributed by atoms with Crippen LogP contribution in [0.15, 0.2) is 81.1 Å². The van der Waals surface area contributed by atoms with Crippen LogP contribution >= 0.6 is 27.7 Å². The minimum Gasteiger partial charge on any atom is -0.488 e. The molecule has 1 aliphatic rings. The molecule has 1 fully saturated rings. The molecule has 1 amide bonds. The Morgan fingerprint density at radius 1 is 1.16 bits per heavy atom. The van der Waals surface area contributed by atoms with Gasteiger partial charge in [-0.3, -0.25) is 19.8 Å². The summed E-state index contributed by atoms with van der Waals surface area (Å²) < 4.78 is 6.53. The number of hydrogen-bond donors (Lipinski definition) is 1. The van der Waals surface area contributed by atoms with Gasteiger partial charge in [0.05, 0.1) is 25.6 Å². The number of aliphatic imine (C=N–C) groups is 1. The number of nitro benzene ring substituents is 1. The molecule has 9 nitrogen and oxygen atoms in total. The van der Waals surface area contributed by atoms with Gasteiger partial charge in [0, 0.05) is 18.7 Å². The highest BCUT2D eigenvalue weighted by atomic mass is 79.9. The molecule has 11 heteroatoms. The van der Waals surface area contributed by atoms with Gasteiger partial charge < -0.3 is 9.84 Å². The van der Waals surface area contributed by atoms with Crippen molar-refractivity contribution in [2.24, 2.45) is 4.99 Å². The quantitative estimate of drug-likeness (QED) is 0.189. The lowest BCUT2D eigenvalue weighted by molar-refractivity contribution is -0.384. The van der Waals surface area contributed by atoms with E-state index in [1.54, 1.807) is 41.3 Å². The van der Waals surface area contributed by atoms with Crippen LogP contribution in [0.1, 0.15) is 28.4 Å². The number of carboxylic acids is 1. The van der Waals surface area contributed by atoms with E-state index in [-0.39, 0.29) is 23.8 Å². The third kappa shape index (κ3) is 6.25. The number of thioether (sulfide) groups is 1. The summed E-state index contributed by atoms with van der Waals surface area (Å²) in [6.07, 6.45) is 1.77. The van der Waals surface area contributed by atoms with E-state index in [1.807, 2.05) is 19.1 Å². The van der Waals surface area contributed by atoms with Crippen molar-refractivity contribution < 1.29 is 24.4 Å². The zero-order chi connectivity index (χ0) is 26.5. The lowest BCUT2D eigenvalue weighted by atomic mass is 10.2. The number of likely N-dealkylation sites (N-methyl/N-ethyl adjacent to an activating group) is 1. The molecule has 0 saturated carbocycles. The molecule has 3 aromatic rings. The summed E-state index contributed by atoms with van der Waals surface area (Å²) in [4.78, 5) is 41.0. The summed E-state index contributed by atoms with van der Waals surface area (Å²) in [6.45, 7) is 2.54. The predicted molar refractivity (Wildman–Crippen MR) is 145 cm³/mol. The molecule has 1 aliphatic heterocycles. The zero-order valence-electron chi connectivity index (χ0n) is 19.5. The van der Waals surface area contributed by atoms with E-state index in [2.05, 4.69) is 20.9 Å². The van der Waals surface area contributed by atoms with Gasteiger partial charge in [0.25, 0.3) is 11.6 Å². The van der Waals surface area contributed by atoms with Crippen LogP contribution < -0.4 is 4.74 Å². The standard InChI is InChI=1S/C26H20BrN3O6S/c1-2-29-24(31)23(37-26(29)28-19-8-6-18(7-9-19)25(32)33)14-17-5-12-22(21(27)13-17)36-15-16-3-10-20(11-4-16)30(34)35/h3-14H,2,15H2,1H3,(H,32,33). The van der Waals surface area contributed by atoms with Crippen molar-refractivity contribution in [2.75, 3.05) is 6.54 Å². The molecule has 1 N–H and O–H groups in total. The van der Waals surface area contributed by atoms with Crippen molar-refractivity contribution in [3.05, 3.63) is 103 Å². The van der Waals surface area contributed by atoms with Gasteiger partial charge in [-0.1, -0.05) is 6.07 Å². The van der Waals surface area contributed by atoms with Crippen LogP contribution in [0.5, 0.6) is 5.75 Å². The largest absolute Gasteiger partial charge is 0.488 e. The SMILES string of the molecule is CCN1C(=O)C(=Cc2ccc(OCc3ccc([N+](=O)[O-])cc3)c(Br)c2)SC1=Nc1ccc(C(=O)O)cc1. The zero-order valence-corrected chi connectivity index (χ0v) is 21.9. The number of non-ortho nitro benzene ring substituents is 1. The molecule has 0 aromatic heterocycles. The summed E-state index contributed by atoms with van der Waals surface area (Å²) in [5.41, 5.74) is 2.32. The summed E-state index contributed by atoms with van der Waals surface area (Å²) in [5.74, 6) is -0.588. The van der Waals surface area contributed by atoms with E-state index in [9.17, 15) is 19.7 Å². The average Bonchev–Trinajstić information content (AvgIpc) is 3.17. The van der Waals surface area contributed by atoms with E-state index in [0.29, 0.717) is 32.5 Å². The molecule has 188 valence electrons. The molecule has 37 heavy (non-hydrogen) atoms. The lowest BCUT2D eigenvalue weighted by Gasteiger charge is -2.12. The number of rotatable bonds is 8. The van der Waals surface area contributed by atoms with Crippen LogP contribution in [0.3, 0.4) is 0 Å². The number of nitro groups is 1. The molecule has 0 unspecified atom stereocenters. The molecule has 0 bridgehead atoms. The van der Waals surface area contributed by atoms with Gasteiger partial charge in [-0.25, -0.2) is 9.79 Å². The molecular weight excluding hydrogens is 562 g/mol. The van der Waals surface area contributed by atoms with Crippen LogP contribution in [0.4, 0.5) is 11.4 Å². The number of hydrogen-bond acceptors (Lipinski definition) is 7. The number of ether oxygens (including phenoxy) is 1. The summed E-state index contributed by atoms with van der Waals surface area (Å²) >= 11 is 4.75. The highest BCUT2D eigenvalue weighted by Crippen LogP contribution is 2.35. The maximum Gasteiger partial charge on any atom is 0.335 e. The van der Waals surface area contributed by atoms with Crippen molar-refractivity contribution in [3.63, 3.8) is 0 Å². The van der Waals surface area contributed by atoms with Crippen LogP contribution in [-0.4, -0.2) is 38.5 Å². The summed E-state index contributed by atoms with van der Waals surface area (Å²) in [5, 5.41) is 20.4. The first-order valence-electron chi connectivity index (χ1n) is 11.0. The Morgan fingerprint density at radius 2 is 1.86 bits per heavy atom. The number of amidine groups is 1. The third-order valence-corrected chi connectivity index (χ3v) is 6.96. The van der Waals surface area contributed by atoms with Gasteiger partial charge in [-0.2, -0.15) is 0 Å². The van der Waals surface area contributed by atoms with E-state index in [0.717, 1.165) is 11.1 Å².